The van der Waals surface area contributed by atoms with Crippen LogP contribution in [0.4, 0.5) is 0 Å². The van der Waals surface area contributed by atoms with Crippen LogP contribution in [0.25, 0.3) is 5.57 Å². The van der Waals surface area contributed by atoms with Crippen LogP contribution in [0.3, 0.4) is 0 Å². The van der Waals surface area contributed by atoms with Crippen molar-refractivity contribution in [3.05, 3.63) is 101 Å². The largest absolute Gasteiger partial charge is 0.870 e. The lowest BCUT2D eigenvalue weighted by atomic mass is 9.86. The normalized spacial score (nSPS) is 16.7. The lowest BCUT2D eigenvalue weighted by Crippen LogP contribution is -2.22. The standard InChI is InChI=1S/C28H28O5/c1-3-32-28(30)27-25(16-19(2)29)24-17-22(33-14-7-10-20-8-5-4-6-9-20)11-12-23(24)26(27)21-13-15-31-18-21/h4-6,8-9,11-13,15,17-18,26-27,29H,3,7,10,14H2,1-2H3/p-1. The predicted octanol–water partition coefficient (Wildman–Crippen LogP) is 4.86. The Labute approximate surface area is 194 Å². The number of fused-ring (bicyclic) bond motifs is 1. The number of benzene rings is 2. The molecule has 1 aliphatic rings. The van der Waals surface area contributed by atoms with Crippen LogP contribution < -0.4 is 9.84 Å². The Hall–Kier alpha value is -3.69. The SMILES string of the molecule is CCOC(=O)C1C(=C=C(C)[O-])c2cc(OCCCc3ccccc3)ccc2C1c1ccoc1. The molecular formula is C28H27O5-. The number of carbonyl (C=O) groups excluding carboxylic acids is 1. The molecule has 0 spiro atoms. The summed E-state index contributed by atoms with van der Waals surface area (Å²) in [5, 5.41) is 12.0. The molecule has 0 saturated heterocycles. The molecule has 0 radical (unpaired) electrons. The smallest absolute Gasteiger partial charge is 0.315 e. The van der Waals surface area contributed by atoms with E-state index in [0.717, 1.165) is 29.5 Å². The van der Waals surface area contributed by atoms with Gasteiger partial charge in [-0.2, -0.15) is 0 Å². The van der Waals surface area contributed by atoms with E-state index in [9.17, 15) is 9.90 Å². The van der Waals surface area contributed by atoms with E-state index in [4.69, 9.17) is 13.9 Å². The number of ether oxygens (including phenoxy) is 2. The minimum atomic E-state index is -0.671. The first kappa shape index (κ1) is 22.5. The van der Waals surface area contributed by atoms with Crippen LogP contribution in [0.5, 0.6) is 5.75 Å². The van der Waals surface area contributed by atoms with Crippen molar-refractivity contribution in [1.82, 2.24) is 0 Å². The first-order chi connectivity index (χ1) is 16.1. The minimum Gasteiger partial charge on any atom is -0.870 e. The molecule has 2 aromatic carbocycles. The molecule has 170 valence electrons. The van der Waals surface area contributed by atoms with Crippen LogP contribution in [-0.4, -0.2) is 19.2 Å². The number of esters is 1. The molecule has 5 heteroatoms. The van der Waals surface area contributed by atoms with Gasteiger partial charge in [0.25, 0.3) is 0 Å². The van der Waals surface area contributed by atoms with Crippen molar-refractivity contribution in [3.63, 3.8) is 0 Å². The molecule has 33 heavy (non-hydrogen) atoms. The van der Waals surface area contributed by atoms with Crippen molar-refractivity contribution in [2.45, 2.75) is 32.6 Å². The molecule has 3 aromatic rings. The fourth-order valence-electron chi connectivity index (χ4n) is 4.40. The third-order valence-corrected chi connectivity index (χ3v) is 5.77. The molecule has 0 saturated carbocycles. The lowest BCUT2D eigenvalue weighted by Gasteiger charge is -2.18. The van der Waals surface area contributed by atoms with Crippen LogP contribution in [0.2, 0.25) is 0 Å². The summed E-state index contributed by atoms with van der Waals surface area (Å²) in [6.07, 6.45) is 5.03. The second-order valence-electron chi connectivity index (χ2n) is 8.05. The summed E-state index contributed by atoms with van der Waals surface area (Å²) >= 11 is 0. The molecule has 0 N–H and O–H groups in total. The Morgan fingerprint density at radius 1 is 1.15 bits per heavy atom. The zero-order valence-electron chi connectivity index (χ0n) is 18.9. The molecular weight excluding hydrogens is 416 g/mol. The Morgan fingerprint density at radius 2 is 1.97 bits per heavy atom. The molecule has 0 aliphatic heterocycles. The van der Waals surface area contributed by atoms with Crippen molar-refractivity contribution in [3.8, 4) is 5.75 Å². The summed E-state index contributed by atoms with van der Waals surface area (Å²) in [5.41, 5.74) is 7.27. The van der Waals surface area contributed by atoms with E-state index >= 15 is 0 Å². The second-order valence-corrected chi connectivity index (χ2v) is 8.05. The highest BCUT2D eigenvalue weighted by atomic mass is 16.5. The topological polar surface area (TPSA) is 71.7 Å². The molecule has 0 fully saturated rings. The quantitative estimate of drug-likeness (QED) is 0.215. The summed E-state index contributed by atoms with van der Waals surface area (Å²) in [6.45, 7) is 4.03. The molecule has 0 amide bonds. The highest BCUT2D eigenvalue weighted by molar-refractivity contribution is 5.94. The van der Waals surface area contributed by atoms with Crippen molar-refractivity contribution in [2.24, 2.45) is 5.92 Å². The summed E-state index contributed by atoms with van der Waals surface area (Å²) in [4.78, 5) is 13.0. The number of furan rings is 1. The Bertz CT molecular complexity index is 1150. The number of rotatable bonds is 8. The maximum Gasteiger partial charge on any atom is 0.315 e. The predicted molar refractivity (Wildman–Crippen MR) is 123 cm³/mol. The summed E-state index contributed by atoms with van der Waals surface area (Å²) < 4.78 is 16.7. The van der Waals surface area contributed by atoms with Crippen LogP contribution in [-0.2, 0) is 16.0 Å². The third kappa shape index (κ3) is 5.05. The average molecular weight is 444 g/mol. The molecule has 1 heterocycles. The van der Waals surface area contributed by atoms with Crippen molar-refractivity contribution < 1.29 is 23.8 Å². The van der Waals surface area contributed by atoms with Crippen molar-refractivity contribution >= 4 is 11.5 Å². The Balaban J connectivity index is 1.63. The van der Waals surface area contributed by atoms with Gasteiger partial charge in [0.15, 0.2) is 0 Å². The van der Waals surface area contributed by atoms with E-state index in [-0.39, 0.29) is 24.3 Å². The zero-order chi connectivity index (χ0) is 23.2. The van der Waals surface area contributed by atoms with Gasteiger partial charge in [-0.05, 0) is 67.1 Å². The number of aryl methyl sites for hydroxylation is 1. The van der Waals surface area contributed by atoms with Gasteiger partial charge in [-0.3, -0.25) is 4.79 Å². The van der Waals surface area contributed by atoms with E-state index in [1.165, 1.54) is 12.5 Å². The van der Waals surface area contributed by atoms with Gasteiger partial charge in [0.05, 0.1) is 25.7 Å². The van der Waals surface area contributed by atoms with Crippen molar-refractivity contribution in [2.75, 3.05) is 13.2 Å². The van der Waals surface area contributed by atoms with Crippen LogP contribution in [0.1, 0.15) is 48.4 Å². The second kappa shape index (κ2) is 10.3. The molecule has 1 aromatic heterocycles. The van der Waals surface area contributed by atoms with Gasteiger partial charge in [0.2, 0.25) is 0 Å². The van der Waals surface area contributed by atoms with Gasteiger partial charge in [-0.15, -0.1) is 5.73 Å². The zero-order valence-corrected chi connectivity index (χ0v) is 18.9. The van der Waals surface area contributed by atoms with Gasteiger partial charge in [0.1, 0.15) is 11.7 Å². The van der Waals surface area contributed by atoms with Gasteiger partial charge < -0.3 is 19.0 Å². The summed E-state index contributed by atoms with van der Waals surface area (Å²) in [7, 11) is 0. The van der Waals surface area contributed by atoms with Gasteiger partial charge in [-0.1, -0.05) is 42.2 Å². The Kier molecular flexibility index (Phi) is 7.01. The minimum absolute atomic E-state index is 0.243. The number of hydrogen-bond donors (Lipinski definition) is 0. The average Bonchev–Trinajstić information content (AvgIpc) is 3.44. The molecule has 5 nitrogen and oxygen atoms in total. The molecule has 2 atom stereocenters. The van der Waals surface area contributed by atoms with Crippen LogP contribution >= 0.6 is 0 Å². The number of carbonyl (C=O) groups is 1. The maximum absolute atomic E-state index is 13.0. The number of hydrogen-bond acceptors (Lipinski definition) is 5. The molecule has 1 aliphatic carbocycles. The Morgan fingerprint density at radius 3 is 2.67 bits per heavy atom. The van der Waals surface area contributed by atoms with E-state index in [0.29, 0.717) is 17.9 Å². The highest BCUT2D eigenvalue weighted by Crippen LogP contribution is 2.50. The fourth-order valence-corrected chi connectivity index (χ4v) is 4.40. The lowest BCUT2D eigenvalue weighted by molar-refractivity contribution is -0.301. The van der Waals surface area contributed by atoms with E-state index in [1.54, 1.807) is 19.5 Å². The van der Waals surface area contributed by atoms with E-state index in [2.05, 4.69) is 17.9 Å². The third-order valence-electron chi connectivity index (χ3n) is 5.77. The summed E-state index contributed by atoms with van der Waals surface area (Å²) in [6, 6.07) is 17.9. The van der Waals surface area contributed by atoms with E-state index < -0.39 is 5.92 Å². The maximum atomic E-state index is 13.0. The molecule has 4 rings (SSSR count). The van der Waals surface area contributed by atoms with Crippen LogP contribution in [0, 0.1) is 5.92 Å². The molecule has 2 unspecified atom stereocenters. The highest BCUT2D eigenvalue weighted by Gasteiger charge is 2.43. The van der Waals surface area contributed by atoms with Gasteiger partial charge >= 0.3 is 5.97 Å². The van der Waals surface area contributed by atoms with Gasteiger partial charge in [0, 0.05) is 11.5 Å². The van der Waals surface area contributed by atoms with Gasteiger partial charge in [-0.25, -0.2) is 0 Å². The fraction of sp³-hybridized carbons (Fsp3) is 0.286. The molecule has 0 bridgehead atoms. The first-order valence-electron chi connectivity index (χ1n) is 11.2. The first-order valence-corrected chi connectivity index (χ1v) is 11.2. The van der Waals surface area contributed by atoms with E-state index in [1.807, 2.05) is 42.5 Å². The summed E-state index contributed by atoms with van der Waals surface area (Å²) in [5.74, 6) is -0.914. The van der Waals surface area contributed by atoms with Crippen molar-refractivity contribution in [1.29, 1.82) is 0 Å². The van der Waals surface area contributed by atoms with Crippen LogP contribution in [0.15, 0.2) is 83.0 Å². The monoisotopic (exact) mass is 443 g/mol.